The number of anilines is 1. The number of alkyl halides is 2. The first-order valence-corrected chi connectivity index (χ1v) is 8.05. The number of nitrogens with zero attached hydrogens (tertiary/aromatic N) is 1. The van der Waals surface area contributed by atoms with E-state index >= 15 is 0 Å². The van der Waals surface area contributed by atoms with Crippen molar-refractivity contribution in [3.8, 4) is 22.6 Å². The number of hydrogen-bond donors (Lipinski definition) is 1. The van der Waals surface area contributed by atoms with E-state index in [1.54, 1.807) is 38.1 Å². The van der Waals surface area contributed by atoms with E-state index in [9.17, 15) is 13.6 Å². The van der Waals surface area contributed by atoms with Gasteiger partial charge in [-0.05, 0) is 54.8 Å². The van der Waals surface area contributed by atoms with Crippen LogP contribution in [0.15, 0.2) is 47.2 Å². The van der Waals surface area contributed by atoms with Gasteiger partial charge in [-0.25, -0.2) is 4.98 Å². The van der Waals surface area contributed by atoms with Crippen molar-refractivity contribution in [3.63, 3.8) is 0 Å². The van der Waals surface area contributed by atoms with Crippen molar-refractivity contribution in [2.75, 3.05) is 5.32 Å². The molecule has 1 aliphatic heterocycles. The van der Waals surface area contributed by atoms with Gasteiger partial charge in [0.1, 0.15) is 0 Å². The van der Waals surface area contributed by atoms with Gasteiger partial charge in [0.2, 0.25) is 5.76 Å². The second-order valence-corrected chi connectivity index (χ2v) is 6.08. The van der Waals surface area contributed by atoms with E-state index in [1.807, 2.05) is 0 Å². The standard InChI is InChI=1S/C19H14F2N2O4/c1-10-7-15-16(27-19(20,21)26-15)8-14(10)12-3-5-13(6-4-12)23-18(24)17-11(2)22-9-25-17/h3-9H,1-2H3,(H,23,24). The fourth-order valence-electron chi connectivity index (χ4n) is 2.85. The van der Waals surface area contributed by atoms with Gasteiger partial charge >= 0.3 is 6.29 Å². The molecule has 3 aromatic rings. The molecule has 1 amide bonds. The van der Waals surface area contributed by atoms with Crippen LogP contribution in [0.5, 0.6) is 11.5 Å². The van der Waals surface area contributed by atoms with Gasteiger partial charge in [-0.3, -0.25) is 4.79 Å². The predicted octanol–water partition coefficient (Wildman–Crippen LogP) is 4.53. The number of carbonyl (C=O) groups is 1. The van der Waals surface area contributed by atoms with Gasteiger partial charge in [0.25, 0.3) is 5.91 Å². The summed E-state index contributed by atoms with van der Waals surface area (Å²) in [5.41, 5.74) is 3.31. The Morgan fingerprint density at radius 3 is 2.37 bits per heavy atom. The van der Waals surface area contributed by atoms with E-state index in [-0.39, 0.29) is 17.3 Å². The molecule has 0 spiro atoms. The number of fused-ring (bicyclic) bond motifs is 1. The van der Waals surface area contributed by atoms with Crippen molar-refractivity contribution < 1.29 is 27.5 Å². The van der Waals surface area contributed by atoms with Crippen LogP contribution in [0.3, 0.4) is 0 Å². The fraction of sp³-hybridized carbons (Fsp3) is 0.158. The predicted molar refractivity (Wildman–Crippen MR) is 92.0 cm³/mol. The number of aryl methyl sites for hydroxylation is 2. The Morgan fingerprint density at radius 1 is 1.07 bits per heavy atom. The van der Waals surface area contributed by atoms with Crippen LogP contribution < -0.4 is 14.8 Å². The third kappa shape index (κ3) is 3.21. The van der Waals surface area contributed by atoms with Crippen molar-refractivity contribution in [2.45, 2.75) is 20.1 Å². The largest absolute Gasteiger partial charge is 0.586 e. The summed E-state index contributed by atoms with van der Waals surface area (Å²) in [6.45, 7) is 3.46. The van der Waals surface area contributed by atoms with E-state index in [1.165, 1.54) is 18.5 Å². The quantitative estimate of drug-likeness (QED) is 0.731. The molecule has 6 nitrogen and oxygen atoms in total. The van der Waals surface area contributed by atoms with Gasteiger partial charge in [-0.2, -0.15) is 0 Å². The van der Waals surface area contributed by atoms with E-state index in [0.29, 0.717) is 11.4 Å². The number of halogens is 2. The minimum absolute atomic E-state index is 0.00700. The lowest BCUT2D eigenvalue weighted by atomic mass is 9.99. The lowest BCUT2D eigenvalue weighted by Gasteiger charge is -2.09. The monoisotopic (exact) mass is 372 g/mol. The maximum atomic E-state index is 13.2. The summed E-state index contributed by atoms with van der Waals surface area (Å²) in [4.78, 5) is 16.0. The highest BCUT2D eigenvalue weighted by molar-refractivity contribution is 6.03. The molecule has 138 valence electrons. The third-order valence-electron chi connectivity index (χ3n) is 4.15. The average Bonchev–Trinajstić information content (AvgIpc) is 3.16. The summed E-state index contributed by atoms with van der Waals surface area (Å²) in [5.74, 6) is -0.266. The van der Waals surface area contributed by atoms with E-state index in [0.717, 1.165) is 16.7 Å². The normalized spacial score (nSPS) is 14.2. The van der Waals surface area contributed by atoms with Crippen LogP contribution in [0.1, 0.15) is 21.8 Å². The molecule has 0 aliphatic carbocycles. The molecule has 4 rings (SSSR count). The number of aromatic nitrogens is 1. The Labute approximate surface area is 152 Å². The SMILES string of the molecule is Cc1cc2c(cc1-c1ccc(NC(=O)c3ocnc3C)cc1)OC(F)(F)O2. The van der Waals surface area contributed by atoms with E-state index in [4.69, 9.17) is 4.42 Å². The number of ether oxygens (including phenoxy) is 2. The zero-order valence-electron chi connectivity index (χ0n) is 14.4. The highest BCUT2D eigenvalue weighted by Crippen LogP contribution is 2.44. The summed E-state index contributed by atoms with van der Waals surface area (Å²) in [6, 6.07) is 9.97. The summed E-state index contributed by atoms with van der Waals surface area (Å²) in [5, 5.41) is 2.71. The molecule has 0 unspecified atom stereocenters. The van der Waals surface area contributed by atoms with Crippen molar-refractivity contribution >= 4 is 11.6 Å². The summed E-state index contributed by atoms with van der Waals surface area (Å²) >= 11 is 0. The number of benzene rings is 2. The third-order valence-corrected chi connectivity index (χ3v) is 4.15. The molecular weight excluding hydrogens is 358 g/mol. The minimum Gasteiger partial charge on any atom is -0.438 e. The number of nitrogens with one attached hydrogen (secondary N) is 1. The van der Waals surface area contributed by atoms with Crippen LogP contribution in [0.2, 0.25) is 0 Å². The molecular formula is C19H14F2N2O4. The molecule has 27 heavy (non-hydrogen) atoms. The molecule has 8 heteroatoms. The first kappa shape index (κ1) is 17.0. The van der Waals surface area contributed by atoms with Crippen molar-refractivity contribution in [2.24, 2.45) is 0 Å². The Kier molecular flexibility index (Phi) is 3.83. The molecule has 0 fully saturated rings. The van der Waals surface area contributed by atoms with Crippen molar-refractivity contribution in [1.29, 1.82) is 0 Å². The zero-order valence-corrected chi connectivity index (χ0v) is 14.4. The van der Waals surface area contributed by atoms with Crippen LogP contribution in [0.4, 0.5) is 14.5 Å². The van der Waals surface area contributed by atoms with Crippen LogP contribution >= 0.6 is 0 Å². The van der Waals surface area contributed by atoms with Gasteiger partial charge in [-0.15, -0.1) is 8.78 Å². The molecule has 2 heterocycles. The van der Waals surface area contributed by atoms with Gasteiger partial charge < -0.3 is 19.2 Å². The smallest absolute Gasteiger partial charge is 0.438 e. The van der Waals surface area contributed by atoms with Crippen LogP contribution in [-0.4, -0.2) is 17.2 Å². The molecule has 0 radical (unpaired) electrons. The van der Waals surface area contributed by atoms with E-state index < -0.39 is 12.2 Å². The first-order chi connectivity index (χ1) is 12.8. The average molecular weight is 372 g/mol. The first-order valence-electron chi connectivity index (χ1n) is 8.05. The second kappa shape index (κ2) is 6.08. The topological polar surface area (TPSA) is 73.6 Å². The number of amides is 1. The maximum Gasteiger partial charge on any atom is 0.586 e. The molecule has 1 aromatic heterocycles. The maximum absolute atomic E-state index is 13.2. The summed E-state index contributed by atoms with van der Waals surface area (Å²) in [6.07, 6.45) is -2.44. The van der Waals surface area contributed by atoms with Gasteiger partial charge in [0.05, 0.1) is 5.69 Å². The Hall–Kier alpha value is -3.42. The molecule has 0 bridgehead atoms. The van der Waals surface area contributed by atoms with Crippen LogP contribution in [0, 0.1) is 13.8 Å². The molecule has 2 aromatic carbocycles. The summed E-state index contributed by atoms with van der Waals surface area (Å²) in [7, 11) is 0. The number of oxazole rings is 1. The van der Waals surface area contributed by atoms with Gasteiger partial charge in [0, 0.05) is 5.69 Å². The fourth-order valence-corrected chi connectivity index (χ4v) is 2.85. The summed E-state index contributed by atoms with van der Waals surface area (Å²) < 4.78 is 40.5. The molecule has 1 aliphatic rings. The van der Waals surface area contributed by atoms with Gasteiger partial charge in [-0.1, -0.05) is 12.1 Å². The van der Waals surface area contributed by atoms with Crippen molar-refractivity contribution in [1.82, 2.24) is 4.98 Å². The Bertz CT molecular complexity index is 1030. The number of hydrogen-bond acceptors (Lipinski definition) is 5. The number of rotatable bonds is 3. The van der Waals surface area contributed by atoms with Gasteiger partial charge in [0.15, 0.2) is 17.9 Å². The van der Waals surface area contributed by atoms with Crippen LogP contribution in [-0.2, 0) is 0 Å². The highest BCUT2D eigenvalue weighted by atomic mass is 19.3. The molecule has 1 N–H and O–H groups in total. The lowest BCUT2D eigenvalue weighted by Crippen LogP contribution is -2.25. The Morgan fingerprint density at radius 2 is 1.74 bits per heavy atom. The molecule has 0 saturated carbocycles. The lowest BCUT2D eigenvalue weighted by molar-refractivity contribution is -0.286. The second-order valence-electron chi connectivity index (χ2n) is 6.08. The van der Waals surface area contributed by atoms with E-state index in [2.05, 4.69) is 19.8 Å². The molecule has 0 saturated heterocycles. The van der Waals surface area contributed by atoms with Crippen molar-refractivity contribution in [3.05, 3.63) is 59.8 Å². The van der Waals surface area contributed by atoms with Crippen LogP contribution in [0.25, 0.3) is 11.1 Å². The number of carbonyl (C=O) groups excluding carboxylic acids is 1. The Balaban J connectivity index is 1.57. The molecule has 0 atom stereocenters. The minimum atomic E-state index is -3.65. The highest BCUT2D eigenvalue weighted by Gasteiger charge is 2.43. The zero-order chi connectivity index (χ0) is 19.2.